The van der Waals surface area contributed by atoms with Gasteiger partial charge >= 0.3 is 0 Å². The fourth-order valence-corrected chi connectivity index (χ4v) is 4.19. The summed E-state index contributed by atoms with van der Waals surface area (Å²) in [5.41, 5.74) is 1.04. The zero-order chi connectivity index (χ0) is 15.3. The van der Waals surface area contributed by atoms with E-state index in [9.17, 15) is 8.42 Å². The molecule has 0 amide bonds. The second-order valence-corrected chi connectivity index (χ2v) is 7.11. The maximum atomic E-state index is 12.7. The molecule has 1 fully saturated rings. The van der Waals surface area contributed by atoms with Crippen LogP contribution in [0.25, 0.3) is 0 Å². The topological polar surface area (TPSA) is 66.8 Å². The van der Waals surface area contributed by atoms with Crippen LogP contribution in [-0.2, 0) is 21.2 Å². The maximum absolute atomic E-state index is 12.7. The molecule has 1 N–H and O–H groups in total. The predicted octanol–water partition coefficient (Wildman–Crippen LogP) is 1.41. The Morgan fingerprint density at radius 2 is 2.05 bits per heavy atom. The molecule has 1 saturated heterocycles. The summed E-state index contributed by atoms with van der Waals surface area (Å²) in [5.74, 6) is 0. The number of hydrogen-bond acceptors (Lipinski definition) is 4. The average Bonchev–Trinajstić information content (AvgIpc) is 2.53. The van der Waals surface area contributed by atoms with Crippen molar-refractivity contribution in [3.8, 4) is 0 Å². The van der Waals surface area contributed by atoms with Crippen molar-refractivity contribution in [2.75, 3.05) is 26.4 Å². The zero-order valence-corrected chi connectivity index (χ0v) is 13.2. The van der Waals surface area contributed by atoms with Crippen LogP contribution in [0.5, 0.6) is 0 Å². The predicted molar refractivity (Wildman–Crippen MR) is 80.6 cm³/mol. The molecule has 1 aromatic carbocycles. The molecular weight excluding hydrogens is 290 g/mol. The number of ether oxygens (including phenoxy) is 1. The summed E-state index contributed by atoms with van der Waals surface area (Å²) in [6.45, 7) is 3.44. The molecule has 0 saturated carbocycles. The van der Waals surface area contributed by atoms with E-state index in [1.54, 1.807) is 16.4 Å². The van der Waals surface area contributed by atoms with Gasteiger partial charge in [0.1, 0.15) is 0 Å². The van der Waals surface area contributed by atoms with Gasteiger partial charge < -0.3 is 9.84 Å². The lowest BCUT2D eigenvalue weighted by molar-refractivity contribution is 0.0314. The Morgan fingerprint density at radius 1 is 1.33 bits per heavy atom. The van der Waals surface area contributed by atoms with Crippen LogP contribution in [-0.4, -0.2) is 50.2 Å². The molecule has 1 aromatic rings. The molecule has 0 aromatic heterocycles. The lowest BCUT2D eigenvalue weighted by Gasteiger charge is -2.34. The van der Waals surface area contributed by atoms with E-state index >= 15 is 0 Å². The largest absolute Gasteiger partial charge is 0.396 e. The van der Waals surface area contributed by atoms with Crippen LogP contribution in [0, 0.1) is 0 Å². The highest BCUT2D eigenvalue weighted by atomic mass is 32.2. The lowest BCUT2D eigenvalue weighted by Crippen LogP contribution is -2.48. The van der Waals surface area contributed by atoms with Crippen molar-refractivity contribution < 1.29 is 18.3 Å². The minimum absolute atomic E-state index is 0.0854. The van der Waals surface area contributed by atoms with E-state index in [1.165, 1.54) is 0 Å². The molecule has 5 nitrogen and oxygen atoms in total. The third kappa shape index (κ3) is 3.83. The molecular formula is C15H23NO4S. The number of aryl methyl sites for hydroxylation is 1. The Hall–Kier alpha value is -0.950. The van der Waals surface area contributed by atoms with Crippen molar-refractivity contribution in [2.45, 2.75) is 37.1 Å². The van der Waals surface area contributed by atoms with Crippen molar-refractivity contribution in [1.29, 1.82) is 0 Å². The quantitative estimate of drug-likeness (QED) is 0.862. The van der Waals surface area contributed by atoms with Crippen molar-refractivity contribution in [2.24, 2.45) is 0 Å². The number of sulfonamides is 1. The van der Waals surface area contributed by atoms with Crippen molar-refractivity contribution in [3.05, 3.63) is 29.8 Å². The molecule has 21 heavy (non-hydrogen) atoms. The smallest absolute Gasteiger partial charge is 0.243 e. The first-order chi connectivity index (χ1) is 10.1. The summed E-state index contributed by atoms with van der Waals surface area (Å²) in [6.07, 6.45) is 2.19. The lowest BCUT2D eigenvalue weighted by atomic mass is 10.1. The summed E-state index contributed by atoms with van der Waals surface area (Å²) in [5, 5.41) is 8.82. The van der Waals surface area contributed by atoms with Gasteiger partial charge in [0.05, 0.1) is 18.1 Å². The molecule has 0 spiro atoms. The molecule has 0 radical (unpaired) electrons. The van der Waals surface area contributed by atoms with Crippen LogP contribution in [0.4, 0.5) is 0 Å². The van der Waals surface area contributed by atoms with Crippen molar-refractivity contribution >= 4 is 10.0 Å². The Bertz CT molecular complexity index is 541. The Balaban J connectivity index is 2.18. The molecule has 1 aliphatic heterocycles. The summed E-state index contributed by atoms with van der Waals surface area (Å²) in [7, 11) is -3.46. The van der Waals surface area contributed by atoms with Gasteiger partial charge in [-0.2, -0.15) is 4.31 Å². The Kier molecular flexibility index (Phi) is 5.75. The van der Waals surface area contributed by atoms with Gasteiger partial charge in [0.25, 0.3) is 0 Å². The molecule has 0 aliphatic carbocycles. The zero-order valence-electron chi connectivity index (χ0n) is 12.4. The second-order valence-electron chi connectivity index (χ2n) is 5.22. The first-order valence-corrected chi connectivity index (χ1v) is 8.83. The first-order valence-electron chi connectivity index (χ1n) is 7.39. The number of aliphatic hydroxyl groups excluding tert-OH is 1. The van der Waals surface area contributed by atoms with Gasteiger partial charge in [0.15, 0.2) is 0 Å². The molecule has 6 heteroatoms. The normalized spacial score (nSPS) is 20.6. The Labute approximate surface area is 126 Å². The highest BCUT2D eigenvalue weighted by Crippen LogP contribution is 2.22. The average molecular weight is 313 g/mol. The number of rotatable bonds is 6. The molecule has 1 aliphatic rings. The third-order valence-corrected chi connectivity index (χ3v) is 5.76. The first kappa shape index (κ1) is 16.4. The van der Waals surface area contributed by atoms with Crippen molar-refractivity contribution in [1.82, 2.24) is 4.31 Å². The highest BCUT2D eigenvalue weighted by Gasteiger charge is 2.32. The molecule has 1 heterocycles. The van der Waals surface area contributed by atoms with Crippen LogP contribution < -0.4 is 0 Å². The van der Waals surface area contributed by atoms with Crippen LogP contribution in [0.2, 0.25) is 0 Å². The number of aliphatic hydroxyl groups is 1. The standard InChI is InChI=1S/C15H23NO4S/c1-2-14-12-20-11-9-16(14)21(18,19)15-7-5-13(6-8-15)4-3-10-17/h5-8,14,17H,2-4,9-12H2,1H3. The molecule has 118 valence electrons. The number of hydrogen-bond donors (Lipinski definition) is 1. The van der Waals surface area contributed by atoms with Gasteiger partial charge in [-0.25, -0.2) is 8.42 Å². The number of morpholine rings is 1. The SMILES string of the molecule is CCC1COCCN1S(=O)(=O)c1ccc(CCCO)cc1. The van der Waals surface area contributed by atoms with Gasteiger partial charge in [0, 0.05) is 19.2 Å². The summed E-state index contributed by atoms with van der Waals surface area (Å²) in [4.78, 5) is 0.329. The van der Waals surface area contributed by atoms with E-state index in [2.05, 4.69) is 0 Å². The van der Waals surface area contributed by atoms with Gasteiger partial charge in [-0.05, 0) is 37.0 Å². The van der Waals surface area contributed by atoms with E-state index in [-0.39, 0.29) is 12.6 Å². The molecule has 2 rings (SSSR count). The minimum Gasteiger partial charge on any atom is -0.396 e. The van der Waals surface area contributed by atoms with E-state index in [0.717, 1.165) is 18.4 Å². The fourth-order valence-electron chi connectivity index (χ4n) is 2.52. The van der Waals surface area contributed by atoms with Crippen LogP contribution in [0.3, 0.4) is 0 Å². The van der Waals surface area contributed by atoms with Crippen molar-refractivity contribution in [3.63, 3.8) is 0 Å². The van der Waals surface area contributed by atoms with Crippen LogP contribution in [0.15, 0.2) is 29.2 Å². The molecule has 0 bridgehead atoms. The van der Waals surface area contributed by atoms with E-state index < -0.39 is 10.0 Å². The molecule has 1 unspecified atom stereocenters. The number of benzene rings is 1. The second kappa shape index (κ2) is 7.35. The summed E-state index contributed by atoms with van der Waals surface area (Å²) >= 11 is 0. The van der Waals surface area contributed by atoms with Gasteiger partial charge in [-0.3, -0.25) is 0 Å². The van der Waals surface area contributed by atoms with E-state index in [0.29, 0.717) is 31.1 Å². The van der Waals surface area contributed by atoms with Crippen LogP contribution in [0.1, 0.15) is 25.3 Å². The van der Waals surface area contributed by atoms with Gasteiger partial charge in [0.2, 0.25) is 10.0 Å². The maximum Gasteiger partial charge on any atom is 0.243 e. The Morgan fingerprint density at radius 3 is 2.67 bits per heavy atom. The van der Waals surface area contributed by atoms with Gasteiger partial charge in [-0.15, -0.1) is 0 Å². The highest BCUT2D eigenvalue weighted by molar-refractivity contribution is 7.89. The van der Waals surface area contributed by atoms with E-state index in [1.807, 2.05) is 19.1 Å². The summed E-state index contributed by atoms with van der Waals surface area (Å²) in [6, 6.07) is 6.88. The van der Waals surface area contributed by atoms with Crippen LogP contribution >= 0.6 is 0 Å². The fraction of sp³-hybridized carbons (Fsp3) is 0.600. The monoisotopic (exact) mass is 313 g/mol. The van der Waals surface area contributed by atoms with E-state index in [4.69, 9.17) is 9.84 Å². The third-order valence-electron chi connectivity index (χ3n) is 3.80. The number of nitrogens with zero attached hydrogens (tertiary/aromatic N) is 1. The van der Waals surface area contributed by atoms with Gasteiger partial charge in [-0.1, -0.05) is 19.1 Å². The summed E-state index contributed by atoms with van der Waals surface area (Å²) < 4.78 is 32.3. The molecule has 1 atom stereocenters. The minimum atomic E-state index is -3.46.